The number of methoxy groups -OCH3 is 1. The number of benzene rings is 3. The highest BCUT2D eigenvalue weighted by atomic mass is 79.9. The molecule has 0 aliphatic rings. The number of aryl methyl sites for hydroxylation is 1. The van der Waals surface area contributed by atoms with E-state index in [9.17, 15) is 14.5 Å². The number of hydrogen-bond donors (Lipinski definition) is 0. The molecule has 0 bridgehead atoms. The Morgan fingerprint density at radius 1 is 1.19 bits per heavy atom. The molecule has 0 amide bonds. The average molecular weight is 608 g/mol. The largest absolute Gasteiger partial charge is 0.493 e. The molecule has 192 valence electrons. The van der Waals surface area contributed by atoms with Crippen LogP contribution in [-0.2, 0) is 6.61 Å². The number of thioether (sulfide) groups is 1. The summed E-state index contributed by atoms with van der Waals surface area (Å²) in [7, 11) is 1.50. The Morgan fingerprint density at radius 2 is 1.92 bits per heavy atom. The molecule has 1 heterocycles. The summed E-state index contributed by atoms with van der Waals surface area (Å²) in [5.41, 5.74) is 2.08. The molecule has 0 saturated heterocycles. The van der Waals surface area contributed by atoms with E-state index in [4.69, 9.17) is 21.1 Å². The molecule has 4 rings (SSSR count). The minimum absolute atomic E-state index is 0.209. The van der Waals surface area contributed by atoms with E-state index >= 15 is 0 Å². The first kappa shape index (κ1) is 26.9. The molecule has 0 fully saturated rings. The first-order chi connectivity index (χ1) is 17.8. The molecular weight excluding hydrogens is 587 g/mol. The quantitative estimate of drug-likeness (QED) is 0.111. The summed E-state index contributed by atoms with van der Waals surface area (Å²) in [6.45, 7) is 1.59. The number of rotatable bonds is 10. The third-order valence-electron chi connectivity index (χ3n) is 5.40. The third-order valence-corrected chi connectivity index (χ3v) is 7.53. The van der Waals surface area contributed by atoms with E-state index in [1.54, 1.807) is 41.8 Å². The van der Waals surface area contributed by atoms with Crippen LogP contribution < -0.4 is 9.47 Å². The van der Waals surface area contributed by atoms with Gasteiger partial charge in [0.25, 0.3) is 0 Å². The minimum atomic E-state index is -0.638. The Hall–Kier alpha value is -3.15. The molecule has 1 atom stereocenters. The van der Waals surface area contributed by atoms with Gasteiger partial charge >= 0.3 is 0 Å². The molecule has 0 unspecified atom stereocenters. The van der Waals surface area contributed by atoms with Gasteiger partial charge in [-0.05, 0) is 70.9 Å². The molecule has 1 aromatic heterocycles. The summed E-state index contributed by atoms with van der Waals surface area (Å²) < 4.78 is 27.3. The van der Waals surface area contributed by atoms with Crippen LogP contribution in [0.3, 0.4) is 0 Å². The zero-order valence-electron chi connectivity index (χ0n) is 19.7. The van der Waals surface area contributed by atoms with Crippen LogP contribution in [0.4, 0.5) is 4.39 Å². The zero-order chi connectivity index (χ0) is 26.5. The molecule has 0 aliphatic heterocycles. The number of ether oxygens (including phenoxy) is 2. The van der Waals surface area contributed by atoms with E-state index in [0.717, 1.165) is 5.56 Å². The van der Waals surface area contributed by atoms with E-state index in [-0.39, 0.29) is 23.9 Å². The second kappa shape index (κ2) is 11.9. The van der Waals surface area contributed by atoms with Gasteiger partial charge in [-0.25, -0.2) is 4.39 Å². The summed E-state index contributed by atoms with van der Waals surface area (Å²) in [4.78, 5) is 11.2. The Morgan fingerprint density at radius 3 is 2.59 bits per heavy atom. The molecule has 3 aromatic carbocycles. The fourth-order valence-electron chi connectivity index (χ4n) is 3.61. The Balaban J connectivity index is 1.66. The second-order valence-electron chi connectivity index (χ2n) is 7.88. The Labute approximate surface area is 230 Å². The molecule has 0 spiro atoms. The summed E-state index contributed by atoms with van der Waals surface area (Å²) in [6.07, 6.45) is 0. The average Bonchev–Trinajstić information content (AvgIpc) is 3.23. The van der Waals surface area contributed by atoms with Crippen molar-refractivity contribution in [3.05, 3.63) is 103 Å². The van der Waals surface area contributed by atoms with Gasteiger partial charge < -0.3 is 9.47 Å². The Bertz CT molecular complexity index is 1420. The summed E-state index contributed by atoms with van der Waals surface area (Å²) in [6, 6.07) is 16.7. The van der Waals surface area contributed by atoms with Gasteiger partial charge in [0, 0.05) is 21.2 Å². The normalized spacial score (nSPS) is 11.8. The smallest absolute Gasteiger partial charge is 0.220 e. The lowest BCUT2D eigenvalue weighted by molar-refractivity contribution is -0.479. The van der Waals surface area contributed by atoms with Crippen LogP contribution in [0, 0.1) is 22.9 Å². The third kappa shape index (κ3) is 6.41. The number of aromatic nitrogens is 3. The van der Waals surface area contributed by atoms with Gasteiger partial charge in [0.05, 0.1) is 11.6 Å². The van der Waals surface area contributed by atoms with Crippen molar-refractivity contribution < 1.29 is 18.8 Å². The number of hydrogen-bond acceptors (Lipinski definition) is 7. The van der Waals surface area contributed by atoms with Gasteiger partial charge in [-0.2, -0.15) is 0 Å². The fourth-order valence-corrected chi connectivity index (χ4v) is 5.53. The molecule has 4 aromatic rings. The fraction of sp³-hybridized carbons (Fsp3) is 0.200. The van der Waals surface area contributed by atoms with Gasteiger partial charge in [-0.15, -0.1) is 10.2 Å². The molecule has 8 nitrogen and oxygen atoms in total. The molecule has 0 N–H and O–H groups in total. The van der Waals surface area contributed by atoms with E-state index in [1.807, 2.05) is 18.2 Å². The van der Waals surface area contributed by atoms with Crippen molar-refractivity contribution in [1.29, 1.82) is 0 Å². The summed E-state index contributed by atoms with van der Waals surface area (Å²) in [5.74, 6) is 1.04. The standard InChI is InChI=1S/C25H21BrClFN4O4S/c1-15-29-30-25(32(15)19-9-7-18(28)8-10-19)37-23(13-31(33)34)17-11-20(26)24(22(12-17)35-2)36-14-16-5-3-4-6-21(16)27/h3-12,23H,13-14H2,1-2H3/t23-/m0/s1. The predicted molar refractivity (Wildman–Crippen MR) is 143 cm³/mol. The molecule has 0 aliphatic carbocycles. The highest BCUT2D eigenvalue weighted by Gasteiger charge is 2.26. The SMILES string of the molecule is COc1cc([C@H](C[N+](=O)[O-])Sc2nnc(C)n2-c2ccc(F)cc2)cc(Br)c1OCc1ccccc1Cl. The zero-order valence-corrected chi connectivity index (χ0v) is 22.9. The highest BCUT2D eigenvalue weighted by molar-refractivity contribution is 9.10. The highest BCUT2D eigenvalue weighted by Crippen LogP contribution is 2.43. The van der Waals surface area contributed by atoms with E-state index < -0.39 is 5.25 Å². The lowest BCUT2D eigenvalue weighted by atomic mass is 10.1. The van der Waals surface area contributed by atoms with Crippen molar-refractivity contribution in [3.63, 3.8) is 0 Å². The summed E-state index contributed by atoms with van der Waals surface area (Å²) >= 11 is 11.0. The van der Waals surface area contributed by atoms with Crippen LogP contribution in [0.5, 0.6) is 11.5 Å². The molecular formula is C25H21BrClFN4O4S. The first-order valence-corrected chi connectivity index (χ1v) is 13.0. The van der Waals surface area contributed by atoms with Crippen molar-refractivity contribution in [2.24, 2.45) is 0 Å². The topological polar surface area (TPSA) is 92.3 Å². The van der Waals surface area contributed by atoms with Crippen LogP contribution in [0.1, 0.15) is 22.2 Å². The predicted octanol–water partition coefficient (Wildman–Crippen LogP) is 6.83. The number of nitro groups is 1. The van der Waals surface area contributed by atoms with Crippen molar-refractivity contribution in [2.45, 2.75) is 23.9 Å². The number of halogens is 3. The summed E-state index contributed by atoms with van der Waals surface area (Å²) in [5, 5.41) is 20.3. The van der Waals surface area contributed by atoms with E-state index in [1.165, 1.54) is 31.0 Å². The first-order valence-electron chi connectivity index (χ1n) is 11.0. The maximum Gasteiger partial charge on any atom is 0.220 e. The van der Waals surface area contributed by atoms with Crippen molar-refractivity contribution in [3.8, 4) is 17.2 Å². The van der Waals surface area contributed by atoms with Crippen LogP contribution >= 0.6 is 39.3 Å². The van der Waals surface area contributed by atoms with Gasteiger partial charge in [0.2, 0.25) is 6.54 Å². The second-order valence-corrected chi connectivity index (χ2v) is 10.3. The Kier molecular flexibility index (Phi) is 8.67. The van der Waals surface area contributed by atoms with Crippen LogP contribution in [0.2, 0.25) is 5.02 Å². The van der Waals surface area contributed by atoms with E-state index in [2.05, 4.69) is 26.1 Å². The molecule has 37 heavy (non-hydrogen) atoms. The van der Waals surface area contributed by atoms with Crippen molar-refractivity contribution >= 4 is 39.3 Å². The van der Waals surface area contributed by atoms with Crippen molar-refractivity contribution in [2.75, 3.05) is 13.7 Å². The lowest BCUT2D eigenvalue weighted by Gasteiger charge is -2.18. The monoisotopic (exact) mass is 606 g/mol. The molecule has 0 saturated carbocycles. The molecule has 12 heteroatoms. The van der Waals surface area contributed by atoms with Gasteiger partial charge in [-0.3, -0.25) is 14.7 Å². The van der Waals surface area contributed by atoms with Crippen LogP contribution in [-0.4, -0.2) is 33.3 Å². The minimum Gasteiger partial charge on any atom is -0.493 e. The molecule has 0 radical (unpaired) electrons. The maximum absolute atomic E-state index is 13.5. The lowest BCUT2D eigenvalue weighted by Crippen LogP contribution is -2.12. The number of nitrogens with zero attached hydrogens (tertiary/aromatic N) is 4. The van der Waals surface area contributed by atoms with Crippen molar-refractivity contribution in [1.82, 2.24) is 14.8 Å². The maximum atomic E-state index is 13.5. The van der Waals surface area contributed by atoms with Gasteiger partial charge in [0.1, 0.15) is 23.5 Å². The van der Waals surface area contributed by atoms with Crippen LogP contribution in [0.15, 0.2) is 70.3 Å². The van der Waals surface area contributed by atoms with Crippen LogP contribution in [0.25, 0.3) is 5.69 Å². The van der Waals surface area contributed by atoms with Gasteiger partial charge in [0.15, 0.2) is 16.7 Å². The van der Waals surface area contributed by atoms with Gasteiger partial charge in [-0.1, -0.05) is 41.6 Å². The van der Waals surface area contributed by atoms with E-state index in [0.29, 0.717) is 43.2 Å².